The van der Waals surface area contributed by atoms with E-state index < -0.39 is 22.1 Å². The Morgan fingerprint density at radius 1 is 1.45 bits per heavy atom. The normalized spacial score (nSPS) is 12.9. The van der Waals surface area contributed by atoms with Crippen molar-refractivity contribution in [3.8, 4) is 5.75 Å². The van der Waals surface area contributed by atoms with Gasteiger partial charge in [-0.15, -0.1) is 0 Å². The number of thioether (sulfide) groups is 1. The number of rotatable bonds is 4. The first-order valence-electron chi connectivity index (χ1n) is 5.19. The standard InChI is InChI=1S/C12H10ClF3O3S/c1-6-5-7(3-4-8(6)17)20-10(14)9(11(18)19-2)12(13,15)16/h3-5,17H,1-2H3/b10-9+. The molecule has 0 unspecified atom stereocenters. The van der Waals surface area contributed by atoms with Gasteiger partial charge in [-0.25, -0.2) is 4.79 Å². The summed E-state index contributed by atoms with van der Waals surface area (Å²) in [7, 11) is 0.841. The third kappa shape index (κ3) is 4.08. The number of carbonyl (C=O) groups is 1. The van der Waals surface area contributed by atoms with Crippen molar-refractivity contribution in [2.45, 2.75) is 17.2 Å². The number of esters is 1. The van der Waals surface area contributed by atoms with E-state index in [1.54, 1.807) is 6.92 Å². The molecule has 8 heteroatoms. The largest absolute Gasteiger partial charge is 0.508 e. The summed E-state index contributed by atoms with van der Waals surface area (Å²) in [6.07, 6.45) is 0. The van der Waals surface area contributed by atoms with Crippen LogP contribution in [0, 0.1) is 6.92 Å². The maximum atomic E-state index is 13.8. The van der Waals surface area contributed by atoms with Gasteiger partial charge in [0, 0.05) is 4.90 Å². The second kappa shape index (κ2) is 6.41. The Bertz CT molecular complexity index is 555. The smallest absolute Gasteiger partial charge is 0.358 e. The fourth-order valence-corrected chi connectivity index (χ4v) is 2.36. The first kappa shape index (κ1) is 16.7. The van der Waals surface area contributed by atoms with Crippen LogP contribution in [0.3, 0.4) is 0 Å². The third-order valence-corrected chi connectivity index (χ3v) is 3.31. The van der Waals surface area contributed by atoms with E-state index in [9.17, 15) is 23.1 Å². The van der Waals surface area contributed by atoms with E-state index in [1.807, 2.05) is 0 Å². The predicted molar refractivity (Wildman–Crippen MR) is 69.7 cm³/mol. The lowest BCUT2D eigenvalue weighted by molar-refractivity contribution is -0.138. The molecular formula is C12H10ClF3O3S. The highest BCUT2D eigenvalue weighted by molar-refractivity contribution is 8.03. The molecule has 0 fully saturated rings. The highest BCUT2D eigenvalue weighted by atomic mass is 35.5. The Morgan fingerprint density at radius 3 is 2.50 bits per heavy atom. The Hall–Kier alpha value is -1.34. The number of phenols is 1. The quantitative estimate of drug-likeness (QED) is 0.393. The summed E-state index contributed by atoms with van der Waals surface area (Å²) in [5.41, 5.74) is -1.13. The van der Waals surface area contributed by atoms with Crippen molar-refractivity contribution in [3.63, 3.8) is 0 Å². The number of halogens is 4. The number of aromatic hydroxyl groups is 1. The van der Waals surface area contributed by atoms with Gasteiger partial charge in [-0.2, -0.15) is 13.2 Å². The van der Waals surface area contributed by atoms with Crippen molar-refractivity contribution in [2.75, 3.05) is 7.11 Å². The van der Waals surface area contributed by atoms with Crippen molar-refractivity contribution in [3.05, 3.63) is 34.5 Å². The molecular weight excluding hydrogens is 317 g/mol. The lowest BCUT2D eigenvalue weighted by atomic mass is 10.2. The predicted octanol–water partition coefficient (Wildman–Crippen LogP) is 3.98. The van der Waals surface area contributed by atoms with Crippen LogP contribution in [-0.2, 0) is 9.53 Å². The summed E-state index contributed by atoms with van der Waals surface area (Å²) in [6, 6.07) is 3.97. The molecule has 0 radical (unpaired) electrons. The van der Waals surface area contributed by atoms with Crippen LogP contribution in [0.2, 0.25) is 0 Å². The number of benzene rings is 1. The van der Waals surface area contributed by atoms with E-state index in [1.165, 1.54) is 18.2 Å². The van der Waals surface area contributed by atoms with Crippen molar-refractivity contribution >= 4 is 29.3 Å². The first-order valence-corrected chi connectivity index (χ1v) is 6.39. The number of ether oxygens (including phenoxy) is 1. The second-order valence-electron chi connectivity index (χ2n) is 3.69. The molecule has 1 rings (SSSR count). The fourth-order valence-electron chi connectivity index (χ4n) is 1.26. The molecule has 110 valence electrons. The molecule has 0 aliphatic carbocycles. The van der Waals surface area contributed by atoms with E-state index in [2.05, 4.69) is 4.74 Å². The van der Waals surface area contributed by atoms with E-state index >= 15 is 0 Å². The number of alkyl halides is 3. The van der Waals surface area contributed by atoms with Crippen LogP contribution in [0.4, 0.5) is 13.2 Å². The van der Waals surface area contributed by atoms with Gasteiger partial charge in [-0.1, -0.05) is 11.8 Å². The van der Waals surface area contributed by atoms with Crippen molar-refractivity contribution < 1.29 is 27.8 Å². The summed E-state index contributed by atoms with van der Waals surface area (Å²) in [5, 5.41) is 3.66. The van der Waals surface area contributed by atoms with Crippen LogP contribution >= 0.6 is 23.4 Å². The molecule has 0 aromatic heterocycles. The van der Waals surface area contributed by atoms with Gasteiger partial charge in [0.05, 0.1) is 7.11 Å². The third-order valence-electron chi connectivity index (χ3n) is 2.25. The molecule has 0 atom stereocenters. The van der Waals surface area contributed by atoms with Gasteiger partial charge < -0.3 is 9.84 Å². The minimum absolute atomic E-state index is 0.0189. The number of hydrogen-bond donors (Lipinski definition) is 1. The molecule has 1 aromatic rings. The zero-order valence-corrected chi connectivity index (χ0v) is 12.0. The minimum atomic E-state index is -4.18. The average Bonchev–Trinajstić information content (AvgIpc) is 2.32. The Labute approximate surface area is 122 Å². The zero-order chi connectivity index (χ0) is 15.5. The first-order chi connectivity index (χ1) is 9.16. The van der Waals surface area contributed by atoms with E-state index in [-0.39, 0.29) is 22.4 Å². The van der Waals surface area contributed by atoms with Gasteiger partial charge in [-0.05, 0) is 42.3 Å². The van der Waals surface area contributed by atoms with Gasteiger partial charge in [0.2, 0.25) is 0 Å². The van der Waals surface area contributed by atoms with E-state index in [0.717, 1.165) is 7.11 Å². The highest BCUT2D eigenvalue weighted by Crippen LogP contribution is 2.39. The summed E-state index contributed by atoms with van der Waals surface area (Å²) >= 11 is 4.99. The molecule has 0 bridgehead atoms. The van der Waals surface area contributed by atoms with E-state index in [0.29, 0.717) is 5.56 Å². The van der Waals surface area contributed by atoms with Crippen molar-refractivity contribution in [2.24, 2.45) is 0 Å². The molecule has 0 saturated heterocycles. The molecule has 0 amide bonds. The lowest BCUT2D eigenvalue weighted by Crippen LogP contribution is -2.21. The SMILES string of the molecule is COC(=O)/C(=C(/F)Sc1ccc(O)c(C)c1)C(F)(F)Cl. The topological polar surface area (TPSA) is 46.5 Å². The Morgan fingerprint density at radius 2 is 2.05 bits per heavy atom. The minimum Gasteiger partial charge on any atom is -0.508 e. The Balaban J connectivity index is 3.16. The molecule has 0 aliphatic rings. The van der Waals surface area contributed by atoms with Crippen LogP contribution in [0.15, 0.2) is 33.8 Å². The zero-order valence-electron chi connectivity index (χ0n) is 10.4. The molecule has 20 heavy (non-hydrogen) atoms. The second-order valence-corrected chi connectivity index (χ2v) is 5.20. The monoisotopic (exact) mass is 326 g/mol. The van der Waals surface area contributed by atoms with Crippen LogP contribution in [-0.4, -0.2) is 23.6 Å². The number of methoxy groups -OCH3 is 1. The molecule has 0 aliphatic heterocycles. The van der Waals surface area contributed by atoms with Crippen LogP contribution in [0.25, 0.3) is 0 Å². The molecule has 1 aromatic carbocycles. The van der Waals surface area contributed by atoms with Crippen molar-refractivity contribution in [1.29, 1.82) is 0 Å². The van der Waals surface area contributed by atoms with Gasteiger partial charge in [0.25, 0.3) is 0 Å². The van der Waals surface area contributed by atoms with Crippen LogP contribution < -0.4 is 0 Å². The Kier molecular flexibility index (Phi) is 5.35. The fraction of sp³-hybridized carbons (Fsp3) is 0.250. The van der Waals surface area contributed by atoms with Gasteiger partial charge in [0.15, 0.2) is 10.7 Å². The molecule has 0 heterocycles. The molecule has 0 saturated carbocycles. The summed E-state index contributed by atoms with van der Waals surface area (Å²) in [4.78, 5) is 11.4. The van der Waals surface area contributed by atoms with Crippen LogP contribution in [0.5, 0.6) is 5.75 Å². The van der Waals surface area contributed by atoms with Gasteiger partial charge >= 0.3 is 11.4 Å². The maximum absolute atomic E-state index is 13.8. The number of aryl methyl sites for hydroxylation is 1. The molecule has 1 N–H and O–H groups in total. The summed E-state index contributed by atoms with van der Waals surface area (Å²) in [6.45, 7) is 1.55. The molecule has 3 nitrogen and oxygen atoms in total. The average molecular weight is 327 g/mol. The molecule has 0 spiro atoms. The number of carbonyl (C=O) groups excluding carboxylic acids is 1. The maximum Gasteiger partial charge on any atom is 0.358 e. The van der Waals surface area contributed by atoms with Gasteiger partial charge in [-0.3, -0.25) is 0 Å². The van der Waals surface area contributed by atoms with Gasteiger partial charge in [0.1, 0.15) is 5.75 Å². The summed E-state index contributed by atoms with van der Waals surface area (Å²) in [5.74, 6) is -1.57. The number of phenolic OH excluding ortho intramolecular Hbond substituents is 1. The lowest BCUT2D eigenvalue weighted by Gasteiger charge is -2.12. The van der Waals surface area contributed by atoms with E-state index in [4.69, 9.17) is 11.6 Å². The summed E-state index contributed by atoms with van der Waals surface area (Å²) < 4.78 is 44.0. The van der Waals surface area contributed by atoms with Crippen LogP contribution in [0.1, 0.15) is 5.56 Å². The number of hydrogen-bond acceptors (Lipinski definition) is 4. The van der Waals surface area contributed by atoms with Crippen molar-refractivity contribution in [1.82, 2.24) is 0 Å². The highest BCUT2D eigenvalue weighted by Gasteiger charge is 2.41.